The third-order valence-electron chi connectivity index (χ3n) is 6.27. The van der Waals surface area contributed by atoms with Crippen molar-refractivity contribution in [3.63, 3.8) is 0 Å². The number of fused-ring (bicyclic) bond motifs is 5. The molecule has 31 heavy (non-hydrogen) atoms. The smallest absolute Gasteiger partial charge is 0.161 e. The Labute approximate surface area is 180 Å². The lowest BCUT2D eigenvalue weighted by molar-refractivity contribution is -0.0218. The number of hydrogen-bond donors (Lipinski definition) is 1. The number of halogens is 1. The van der Waals surface area contributed by atoms with Crippen molar-refractivity contribution in [3.8, 4) is 34.1 Å². The molecule has 1 N–H and O–H groups in total. The van der Waals surface area contributed by atoms with Crippen LogP contribution in [0.3, 0.4) is 0 Å². The highest BCUT2D eigenvalue weighted by molar-refractivity contribution is 5.74. The predicted octanol–water partition coefficient (Wildman–Crippen LogP) is 4.33. The van der Waals surface area contributed by atoms with E-state index in [4.69, 9.17) is 18.9 Å². The van der Waals surface area contributed by atoms with Crippen LogP contribution in [0.1, 0.15) is 22.6 Å². The molecule has 3 aromatic rings. The first kappa shape index (κ1) is 19.7. The van der Waals surface area contributed by atoms with Gasteiger partial charge < -0.3 is 24.1 Å². The van der Waals surface area contributed by atoms with E-state index in [1.54, 1.807) is 33.5 Å². The SMILES string of the molecule is COc1cc2c(cc1OC)C1c3cc(-c4ccc(F)cc4)c(OC)cc3OCC1(O)C2. The lowest BCUT2D eigenvalue weighted by Crippen LogP contribution is -2.43. The van der Waals surface area contributed by atoms with Gasteiger partial charge in [-0.3, -0.25) is 0 Å². The van der Waals surface area contributed by atoms with Crippen molar-refractivity contribution in [2.45, 2.75) is 17.9 Å². The van der Waals surface area contributed by atoms with Crippen molar-refractivity contribution >= 4 is 0 Å². The van der Waals surface area contributed by atoms with E-state index in [1.165, 1.54) is 12.1 Å². The minimum absolute atomic E-state index is 0.170. The Morgan fingerprint density at radius 3 is 2.26 bits per heavy atom. The Morgan fingerprint density at radius 2 is 1.58 bits per heavy atom. The topological polar surface area (TPSA) is 57.2 Å². The number of hydrogen-bond acceptors (Lipinski definition) is 5. The molecule has 2 atom stereocenters. The molecule has 2 aliphatic rings. The summed E-state index contributed by atoms with van der Waals surface area (Å²) in [6, 6.07) is 13.9. The van der Waals surface area contributed by atoms with Crippen molar-refractivity contribution in [1.29, 1.82) is 0 Å². The van der Waals surface area contributed by atoms with Gasteiger partial charge in [-0.25, -0.2) is 4.39 Å². The average molecular weight is 422 g/mol. The van der Waals surface area contributed by atoms with Crippen LogP contribution in [0.2, 0.25) is 0 Å². The molecule has 5 rings (SSSR count). The molecule has 0 radical (unpaired) electrons. The molecule has 0 spiro atoms. The zero-order valence-electron chi connectivity index (χ0n) is 17.6. The summed E-state index contributed by atoms with van der Waals surface area (Å²) in [6.07, 6.45) is 0.449. The standard InChI is InChI=1S/C25H23FO5/c1-28-20-11-21-19(9-17(20)14-4-6-16(26)7-5-14)24-18-10-23(30-3)22(29-2)8-15(18)12-25(24,27)13-31-21/h4-11,24,27H,12-13H2,1-3H3. The molecular formula is C25H23FO5. The van der Waals surface area contributed by atoms with E-state index in [-0.39, 0.29) is 18.3 Å². The van der Waals surface area contributed by atoms with Crippen LogP contribution in [-0.2, 0) is 6.42 Å². The third-order valence-corrected chi connectivity index (χ3v) is 6.27. The molecule has 0 fully saturated rings. The highest BCUT2D eigenvalue weighted by Crippen LogP contribution is 2.54. The van der Waals surface area contributed by atoms with Gasteiger partial charge in [0.2, 0.25) is 0 Å². The minimum Gasteiger partial charge on any atom is -0.496 e. The van der Waals surface area contributed by atoms with E-state index in [9.17, 15) is 9.50 Å². The first-order chi connectivity index (χ1) is 15.0. The van der Waals surface area contributed by atoms with Gasteiger partial charge in [0, 0.05) is 29.5 Å². The van der Waals surface area contributed by atoms with Crippen LogP contribution < -0.4 is 18.9 Å². The van der Waals surface area contributed by atoms with Crippen LogP contribution in [-0.4, -0.2) is 38.6 Å². The van der Waals surface area contributed by atoms with Crippen LogP contribution in [0, 0.1) is 5.82 Å². The second kappa shape index (κ2) is 7.17. The fourth-order valence-corrected chi connectivity index (χ4v) is 4.83. The lowest BCUT2D eigenvalue weighted by atomic mass is 9.79. The molecule has 1 aliphatic carbocycles. The molecule has 1 aliphatic heterocycles. The summed E-state index contributed by atoms with van der Waals surface area (Å²) in [4.78, 5) is 0. The molecule has 0 aromatic heterocycles. The summed E-state index contributed by atoms with van der Waals surface area (Å²) >= 11 is 0. The van der Waals surface area contributed by atoms with Gasteiger partial charge in [0.25, 0.3) is 0 Å². The Morgan fingerprint density at radius 1 is 0.903 bits per heavy atom. The maximum atomic E-state index is 13.5. The maximum absolute atomic E-state index is 13.5. The van der Waals surface area contributed by atoms with Crippen LogP contribution in [0.5, 0.6) is 23.0 Å². The van der Waals surface area contributed by atoms with Crippen molar-refractivity contribution in [3.05, 3.63) is 71.0 Å². The number of methoxy groups -OCH3 is 3. The fraction of sp³-hybridized carbons (Fsp3) is 0.280. The van der Waals surface area contributed by atoms with Crippen molar-refractivity contribution in [1.82, 2.24) is 0 Å². The van der Waals surface area contributed by atoms with Crippen LogP contribution in [0.4, 0.5) is 4.39 Å². The summed E-state index contributed by atoms with van der Waals surface area (Å²) < 4.78 is 36.0. The van der Waals surface area contributed by atoms with Crippen LogP contribution in [0.25, 0.3) is 11.1 Å². The van der Waals surface area contributed by atoms with E-state index in [0.29, 0.717) is 29.4 Å². The largest absolute Gasteiger partial charge is 0.496 e. The quantitative estimate of drug-likeness (QED) is 0.678. The second-order valence-electron chi connectivity index (χ2n) is 8.01. The zero-order chi connectivity index (χ0) is 21.8. The number of ether oxygens (including phenoxy) is 4. The van der Waals surface area contributed by atoms with Gasteiger partial charge in [0.15, 0.2) is 11.5 Å². The van der Waals surface area contributed by atoms with Gasteiger partial charge in [-0.1, -0.05) is 12.1 Å². The molecule has 2 unspecified atom stereocenters. The Bertz CT molecular complexity index is 1160. The van der Waals surface area contributed by atoms with E-state index < -0.39 is 5.60 Å². The molecule has 0 amide bonds. The van der Waals surface area contributed by atoms with Crippen LogP contribution in [0.15, 0.2) is 48.5 Å². The van der Waals surface area contributed by atoms with Crippen LogP contribution >= 0.6 is 0 Å². The molecule has 0 bridgehead atoms. The van der Waals surface area contributed by atoms with Crippen molar-refractivity contribution in [2.24, 2.45) is 0 Å². The molecule has 5 nitrogen and oxygen atoms in total. The molecule has 3 aromatic carbocycles. The number of benzene rings is 3. The fourth-order valence-electron chi connectivity index (χ4n) is 4.83. The Hall–Kier alpha value is -3.25. The minimum atomic E-state index is -1.08. The second-order valence-corrected chi connectivity index (χ2v) is 8.01. The van der Waals surface area contributed by atoms with Gasteiger partial charge in [0.1, 0.15) is 29.5 Å². The van der Waals surface area contributed by atoms with E-state index in [0.717, 1.165) is 27.8 Å². The van der Waals surface area contributed by atoms with Gasteiger partial charge in [-0.05, 0) is 47.0 Å². The third kappa shape index (κ3) is 3.01. The lowest BCUT2D eigenvalue weighted by Gasteiger charge is -2.37. The Kier molecular flexibility index (Phi) is 4.55. The van der Waals surface area contributed by atoms with Gasteiger partial charge in [-0.15, -0.1) is 0 Å². The molecule has 1 heterocycles. The average Bonchev–Trinajstić information content (AvgIpc) is 3.09. The monoisotopic (exact) mass is 422 g/mol. The van der Waals surface area contributed by atoms with E-state index in [2.05, 4.69) is 0 Å². The predicted molar refractivity (Wildman–Crippen MR) is 114 cm³/mol. The molecule has 0 saturated carbocycles. The van der Waals surface area contributed by atoms with E-state index in [1.807, 2.05) is 24.3 Å². The van der Waals surface area contributed by atoms with Gasteiger partial charge >= 0.3 is 0 Å². The number of aliphatic hydroxyl groups is 1. The summed E-state index contributed by atoms with van der Waals surface area (Å²) in [5.41, 5.74) is 3.39. The van der Waals surface area contributed by atoms with Crippen molar-refractivity contribution < 1.29 is 28.4 Å². The summed E-state index contributed by atoms with van der Waals surface area (Å²) in [5.74, 6) is 1.94. The van der Waals surface area contributed by atoms with E-state index >= 15 is 0 Å². The first-order valence-electron chi connectivity index (χ1n) is 10.0. The first-order valence-corrected chi connectivity index (χ1v) is 10.0. The Balaban J connectivity index is 1.70. The van der Waals surface area contributed by atoms with Gasteiger partial charge in [-0.2, -0.15) is 0 Å². The highest BCUT2D eigenvalue weighted by Gasteiger charge is 2.50. The number of rotatable bonds is 4. The summed E-state index contributed by atoms with van der Waals surface area (Å²) in [5, 5.41) is 11.5. The normalized spacial score (nSPS) is 20.9. The molecule has 0 saturated heterocycles. The highest BCUT2D eigenvalue weighted by atomic mass is 19.1. The molecule has 6 heteroatoms. The summed E-state index contributed by atoms with van der Waals surface area (Å²) in [6.45, 7) is 0.170. The molecule has 160 valence electrons. The molecular weight excluding hydrogens is 399 g/mol. The zero-order valence-corrected chi connectivity index (χ0v) is 17.6. The maximum Gasteiger partial charge on any atom is 0.161 e. The van der Waals surface area contributed by atoms with Crippen molar-refractivity contribution in [2.75, 3.05) is 27.9 Å². The van der Waals surface area contributed by atoms with Gasteiger partial charge in [0.05, 0.1) is 21.3 Å². The summed E-state index contributed by atoms with van der Waals surface area (Å²) in [7, 11) is 4.79.